The van der Waals surface area contributed by atoms with E-state index in [0.717, 1.165) is 48.8 Å². The third-order valence-electron chi connectivity index (χ3n) is 8.42. The zero-order chi connectivity index (χ0) is 28.8. The smallest absolute Gasteiger partial charge is 0.190 e. The second-order valence-corrected chi connectivity index (χ2v) is 10.7. The van der Waals surface area contributed by atoms with Gasteiger partial charge in [-0.25, -0.2) is 0 Å². The number of aromatic nitrogens is 1. The van der Waals surface area contributed by atoms with E-state index in [1.807, 2.05) is 48.7 Å². The lowest BCUT2D eigenvalue weighted by atomic mass is 9.82. The number of carbonyl (C=O) groups excluding carboxylic acids is 1. The molecular formula is C34H39NO6. The summed E-state index contributed by atoms with van der Waals surface area (Å²) in [6.45, 7) is 0. The average molecular weight is 558 g/mol. The van der Waals surface area contributed by atoms with Crippen LogP contribution in [0.1, 0.15) is 67.2 Å². The summed E-state index contributed by atoms with van der Waals surface area (Å²) in [5.41, 5.74) is 3.17. The lowest BCUT2D eigenvalue weighted by Crippen LogP contribution is -2.38. The van der Waals surface area contributed by atoms with Crippen molar-refractivity contribution in [1.82, 2.24) is 4.98 Å². The van der Waals surface area contributed by atoms with E-state index < -0.39 is 5.60 Å². The summed E-state index contributed by atoms with van der Waals surface area (Å²) in [6.07, 6.45) is 11.5. The monoisotopic (exact) mass is 557 g/mol. The molecule has 1 spiro atoms. The number of unbranched alkanes of at least 4 members (excludes halogenated alkanes) is 2. The number of hydrogen-bond acceptors (Lipinski definition) is 7. The van der Waals surface area contributed by atoms with Crippen LogP contribution in [-0.2, 0) is 16.0 Å². The number of Topliss-reactive ketones (excluding diaryl/α,β-unsaturated/α-hetero) is 1. The summed E-state index contributed by atoms with van der Waals surface area (Å²) in [5, 5.41) is 0. The number of ketones is 1. The van der Waals surface area contributed by atoms with Gasteiger partial charge < -0.3 is 23.7 Å². The Morgan fingerprint density at radius 2 is 1.59 bits per heavy atom. The van der Waals surface area contributed by atoms with Gasteiger partial charge >= 0.3 is 0 Å². The van der Waals surface area contributed by atoms with Crippen molar-refractivity contribution in [2.75, 3.05) is 28.4 Å². The molecule has 2 aromatic carbocycles. The number of benzene rings is 2. The molecule has 5 rings (SSSR count). The minimum Gasteiger partial charge on any atom is -0.493 e. The molecule has 1 saturated heterocycles. The molecule has 3 aromatic rings. The van der Waals surface area contributed by atoms with Gasteiger partial charge in [0.2, 0.25) is 0 Å². The van der Waals surface area contributed by atoms with Gasteiger partial charge in [0.25, 0.3) is 0 Å². The number of methoxy groups -OCH3 is 4. The Kier molecular flexibility index (Phi) is 8.93. The van der Waals surface area contributed by atoms with Crippen LogP contribution >= 0.6 is 0 Å². The molecule has 2 aliphatic rings. The highest BCUT2D eigenvalue weighted by Gasteiger charge is 2.58. The van der Waals surface area contributed by atoms with Gasteiger partial charge in [0.1, 0.15) is 5.60 Å². The quantitative estimate of drug-likeness (QED) is 0.190. The first-order chi connectivity index (χ1) is 20.0. The van der Waals surface area contributed by atoms with Crippen LogP contribution in [0.4, 0.5) is 0 Å². The van der Waals surface area contributed by atoms with Crippen LogP contribution in [0, 0.1) is 0 Å². The van der Waals surface area contributed by atoms with E-state index in [0.29, 0.717) is 35.8 Å². The molecule has 7 heteroatoms. The molecule has 0 N–H and O–H groups in total. The number of rotatable bonds is 11. The second kappa shape index (κ2) is 12.8. The molecule has 41 heavy (non-hydrogen) atoms. The number of hydrogen-bond donors (Lipinski definition) is 0. The van der Waals surface area contributed by atoms with Crippen LogP contribution in [0.25, 0.3) is 0 Å². The summed E-state index contributed by atoms with van der Waals surface area (Å²) in [6, 6.07) is 15.8. The van der Waals surface area contributed by atoms with Crippen LogP contribution < -0.4 is 18.9 Å². The van der Waals surface area contributed by atoms with Crippen LogP contribution in [0.5, 0.6) is 23.0 Å². The van der Waals surface area contributed by atoms with E-state index in [2.05, 4.69) is 17.1 Å². The lowest BCUT2D eigenvalue weighted by molar-refractivity contribution is -0.138. The van der Waals surface area contributed by atoms with Gasteiger partial charge in [-0.15, -0.1) is 0 Å². The number of carbonyl (C=O) groups is 1. The van der Waals surface area contributed by atoms with Crippen molar-refractivity contribution in [3.05, 3.63) is 89.3 Å². The van der Waals surface area contributed by atoms with Gasteiger partial charge in [0, 0.05) is 18.3 Å². The highest BCUT2D eigenvalue weighted by Crippen LogP contribution is 2.56. The summed E-state index contributed by atoms with van der Waals surface area (Å²) in [7, 11) is 6.50. The van der Waals surface area contributed by atoms with Crippen LogP contribution in [0.2, 0.25) is 0 Å². The van der Waals surface area contributed by atoms with Crippen molar-refractivity contribution in [3.8, 4) is 23.0 Å². The minimum atomic E-state index is -0.932. The lowest BCUT2D eigenvalue weighted by Gasteiger charge is -2.30. The molecule has 0 amide bonds. The Hall–Kier alpha value is -3.84. The second-order valence-electron chi connectivity index (χ2n) is 10.7. The Labute approximate surface area is 242 Å². The zero-order valence-electron chi connectivity index (χ0n) is 24.4. The van der Waals surface area contributed by atoms with Gasteiger partial charge in [-0.05, 0) is 97.5 Å². The van der Waals surface area contributed by atoms with Crippen LogP contribution in [0.3, 0.4) is 0 Å². The minimum absolute atomic E-state index is 0.104. The maximum Gasteiger partial charge on any atom is 0.190 e. The number of allylic oxidation sites excluding steroid dienone is 1. The van der Waals surface area contributed by atoms with E-state index in [1.54, 1.807) is 34.6 Å². The van der Waals surface area contributed by atoms with E-state index in [4.69, 9.17) is 23.7 Å². The molecule has 1 aliphatic carbocycles. The predicted molar refractivity (Wildman–Crippen MR) is 157 cm³/mol. The van der Waals surface area contributed by atoms with Gasteiger partial charge in [0.15, 0.2) is 28.8 Å². The van der Waals surface area contributed by atoms with Crippen molar-refractivity contribution in [1.29, 1.82) is 0 Å². The third-order valence-corrected chi connectivity index (χ3v) is 8.42. The SMILES string of the molecule is COc1ccc(C2CCC3(O2)C(=O)C(=CCCCCc2cccnc2)CC3c2ccc(OC)c(OC)c2)cc1OC. The van der Waals surface area contributed by atoms with Gasteiger partial charge in [-0.3, -0.25) is 9.78 Å². The predicted octanol–water partition coefficient (Wildman–Crippen LogP) is 6.80. The fraction of sp³-hybridized carbons (Fsp3) is 0.412. The van der Waals surface area contributed by atoms with Crippen LogP contribution in [0.15, 0.2) is 72.6 Å². The molecule has 2 heterocycles. The molecule has 0 bridgehead atoms. The first kappa shape index (κ1) is 28.7. The normalized spacial score (nSPS) is 22.8. The molecule has 3 atom stereocenters. The Morgan fingerprint density at radius 3 is 2.24 bits per heavy atom. The third kappa shape index (κ3) is 5.82. The molecule has 1 aromatic heterocycles. The van der Waals surface area contributed by atoms with Gasteiger partial charge in [-0.1, -0.05) is 24.3 Å². The topological polar surface area (TPSA) is 76.1 Å². The van der Waals surface area contributed by atoms with Gasteiger partial charge in [0.05, 0.1) is 34.5 Å². The number of aryl methyl sites for hydroxylation is 1. The highest BCUT2D eigenvalue weighted by molar-refractivity contribution is 6.06. The van der Waals surface area contributed by atoms with Crippen molar-refractivity contribution in [2.24, 2.45) is 0 Å². The molecule has 1 aliphatic heterocycles. The molecule has 0 radical (unpaired) electrons. The van der Waals surface area contributed by atoms with E-state index in [1.165, 1.54) is 5.56 Å². The number of nitrogens with zero attached hydrogens (tertiary/aromatic N) is 1. The zero-order valence-corrected chi connectivity index (χ0v) is 24.4. The molecule has 216 valence electrons. The molecule has 7 nitrogen and oxygen atoms in total. The first-order valence-electron chi connectivity index (χ1n) is 14.3. The van der Waals surface area contributed by atoms with Crippen molar-refractivity contribution in [2.45, 2.75) is 62.6 Å². The summed E-state index contributed by atoms with van der Waals surface area (Å²) in [4.78, 5) is 18.4. The maximum atomic E-state index is 14.2. The summed E-state index contributed by atoms with van der Waals surface area (Å²) < 4.78 is 28.9. The standard InChI is InChI=1S/C34H39NO6/c1-37-29-14-12-24(20-31(29)39-3)27-19-26(11-7-5-6-9-23-10-8-18-35-22-23)33(36)34(27)17-16-28(41-34)25-13-15-30(38-2)32(21-25)40-4/h8,10-15,18,20-22,27-28H,5-7,9,16-17,19H2,1-4H3. The maximum absolute atomic E-state index is 14.2. The molecule has 2 fully saturated rings. The van der Waals surface area contributed by atoms with Gasteiger partial charge in [-0.2, -0.15) is 0 Å². The molecule has 3 unspecified atom stereocenters. The average Bonchev–Trinajstić information content (AvgIpc) is 3.58. The summed E-state index contributed by atoms with van der Waals surface area (Å²) >= 11 is 0. The number of pyridine rings is 1. The fourth-order valence-corrected chi connectivity index (χ4v) is 6.26. The Morgan fingerprint density at radius 1 is 0.902 bits per heavy atom. The van der Waals surface area contributed by atoms with Crippen molar-refractivity contribution >= 4 is 5.78 Å². The van der Waals surface area contributed by atoms with Crippen LogP contribution in [-0.4, -0.2) is 44.8 Å². The van der Waals surface area contributed by atoms with Crippen molar-refractivity contribution < 1.29 is 28.5 Å². The first-order valence-corrected chi connectivity index (χ1v) is 14.3. The van der Waals surface area contributed by atoms with E-state index >= 15 is 0 Å². The fourth-order valence-electron chi connectivity index (χ4n) is 6.26. The molecule has 1 saturated carbocycles. The highest BCUT2D eigenvalue weighted by atomic mass is 16.5. The number of ether oxygens (including phenoxy) is 5. The van der Waals surface area contributed by atoms with E-state index in [-0.39, 0.29) is 17.8 Å². The summed E-state index contributed by atoms with van der Waals surface area (Å²) in [5.74, 6) is 2.60. The van der Waals surface area contributed by atoms with Crippen molar-refractivity contribution in [3.63, 3.8) is 0 Å². The molecular weight excluding hydrogens is 518 g/mol. The largest absolute Gasteiger partial charge is 0.493 e. The Bertz CT molecular complexity index is 1390. The Balaban J connectivity index is 1.40. The van der Waals surface area contributed by atoms with E-state index in [9.17, 15) is 4.79 Å².